The molecule has 0 saturated heterocycles. The molecule has 0 unspecified atom stereocenters. The van der Waals surface area contributed by atoms with E-state index in [1.54, 1.807) is 18.2 Å². The summed E-state index contributed by atoms with van der Waals surface area (Å²) in [4.78, 5) is 13.9. The molecule has 7 heteroatoms. The first-order chi connectivity index (χ1) is 8.47. The Morgan fingerprint density at radius 1 is 1.06 bits per heavy atom. The topological polar surface area (TPSA) is 56.0 Å². The van der Waals surface area contributed by atoms with Crippen LogP contribution in [0.3, 0.4) is 0 Å². The van der Waals surface area contributed by atoms with Crippen LogP contribution in [0.15, 0.2) is 30.5 Å². The smallest absolute Gasteiger partial charge is 0.258 e. The molecule has 2 aromatic rings. The summed E-state index contributed by atoms with van der Waals surface area (Å²) in [5.74, 6) is 0. The Hall–Kier alpha value is -1.36. The van der Waals surface area contributed by atoms with Crippen LogP contribution in [-0.4, -0.2) is 9.91 Å². The van der Waals surface area contributed by atoms with Crippen LogP contribution < -0.4 is 0 Å². The fourth-order valence-electron chi connectivity index (χ4n) is 1.45. The van der Waals surface area contributed by atoms with Crippen molar-refractivity contribution in [2.45, 2.75) is 0 Å². The van der Waals surface area contributed by atoms with Gasteiger partial charge in [0.25, 0.3) is 5.69 Å². The number of benzene rings is 1. The first kappa shape index (κ1) is 13.1. The van der Waals surface area contributed by atoms with Crippen molar-refractivity contribution >= 4 is 40.5 Å². The number of pyridine rings is 1. The molecule has 0 radical (unpaired) electrons. The van der Waals surface area contributed by atoms with E-state index in [4.69, 9.17) is 34.8 Å². The molecule has 1 aromatic heterocycles. The third kappa shape index (κ3) is 2.72. The lowest BCUT2D eigenvalue weighted by atomic mass is 10.1. The van der Waals surface area contributed by atoms with Crippen LogP contribution >= 0.6 is 34.8 Å². The van der Waals surface area contributed by atoms with E-state index >= 15 is 0 Å². The maximum Gasteiger partial charge on any atom is 0.288 e. The fourth-order valence-corrected chi connectivity index (χ4v) is 2.19. The zero-order chi connectivity index (χ0) is 13.3. The number of hydrogen-bond donors (Lipinski definition) is 0. The number of halogens is 3. The van der Waals surface area contributed by atoms with Gasteiger partial charge in [0.1, 0.15) is 11.3 Å². The molecule has 1 heterocycles. The van der Waals surface area contributed by atoms with Crippen LogP contribution in [-0.2, 0) is 0 Å². The fraction of sp³-hybridized carbons (Fsp3) is 0. The Balaban J connectivity index is 2.62. The highest BCUT2D eigenvalue weighted by Gasteiger charge is 2.13. The Morgan fingerprint density at radius 2 is 1.67 bits per heavy atom. The Bertz CT molecular complexity index is 611. The van der Waals surface area contributed by atoms with Gasteiger partial charge in [-0.3, -0.25) is 10.1 Å². The third-order valence-electron chi connectivity index (χ3n) is 2.21. The minimum Gasteiger partial charge on any atom is -0.258 e. The highest BCUT2D eigenvalue weighted by molar-refractivity contribution is 6.35. The molecule has 92 valence electrons. The summed E-state index contributed by atoms with van der Waals surface area (Å²) in [7, 11) is 0. The number of hydrogen-bond acceptors (Lipinski definition) is 3. The van der Waals surface area contributed by atoms with Crippen LogP contribution in [0.25, 0.3) is 11.1 Å². The predicted molar refractivity (Wildman–Crippen MR) is 71.4 cm³/mol. The SMILES string of the molecule is O=[N+]([O-])c1cnc(Cl)c(-c2cc(Cl)cc(Cl)c2)c1. The van der Waals surface area contributed by atoms with Crippen LogP contribution in [0.4, 0.5) is 5.69 Å². The minimum absolute atomic E-state index is 0.148. The summed E-state index contributed by atoms with van der Waals surface area (Å²) in [5, 5.41) is 11.7. The van der Waals surface area contributed by atoms with E-state index in [1.807, 2.05) is 0 Å². The average Bonchev–Trinajstić information content (AvgIpc) is 2.27. The first-order valence-electron chi connectivity index (χ1n) is 4.74. The van der Waals surface area contributed by atoms with Crippen molar-refractivity contribution in [3.05, 3.63) is 55.8 Å². The van der Waals surface area contributed by atoms with Crippen LogP contribution in [0.5, 0.6) is 0 Å². The lowest BCUT2D eigenvalue weighted by Gasteiger charge is -2.05. The van der Waals surface area contributed by atoms with E-state index in [1.165, 1.54) is 6.07 Å². The van der Waals surface area contributed by atoms with Gasteiger partial charge in [-0.05, 0) is 23.8 Å². The summed E-state index contributed by atoms with van der Waals surface area (Å²) in [5.41, 5.74) is 0.842. The van der Waals surface area contributed by atoms with Crippen LogP contribution in [0.2, 0.25) is 15.2 Å². The van der Waals surface area contributed by atoms with Gasteiger partial charge in [-0.2, -0.15) is 0 Å². The second kappa shape index (κ2) is 5.10. The normalized spacial score (nSPS) is 10.4. The standard InChI is InChI=1S/C11H5Cl3N2O2/c12-7-1-6(2-8(13)3-7)10-4-9(16(17)18)5-15-11(10)14/h1-5H. The first-order valence-corrected chi connectivity index (χ1v) is 5.87. The molecule has 0 saturated carbocycles. The molecular weight excluding hydrogens is 298 g/mol. The number of aromatic nitrogens is 1. The summed E-state index contributed by atoms with van der Waals surface area (Å²) >= 11 is 17.7. The quantitative estimate of drug-likeness (QED) is 0.462. The van der Waals surface area contributed by atoms with E-state index in [2.05, 4.69) is 4.98 Å². The van der Waals surface area contributed by atoms with E-state index in [0.717, 1.165) is 6.20 Å². The molecule has 0 aliphatic heterocycles. The zero-order valence-corrected chi connectivity index (χ0v) is 11.0. The molecule has 0 bridgehead atoms. The average molecular weight is 304 g/mol. The van der Waals surface area contributed by atoms with Crippen LogP contribution in [0.1, 0.15) is 0 Å². The monoisotopic (exact) mass is 302 g/mol. The van der Waals surface area contributed by atoms with Gasteiger partial charge in [-0.1, -0.05) is 34.8 Å². The second-order valence-electron chi connectivity index (χ2n) is 3.45. The van der Waals surface area contributed by atoms with Gasteiger partial charge in [0.05, 0.1) is 4.92 Å². The third-order valence-corrected chi connectivity index (χ3v) is 2.95. The molecule has 0 amide bonds. The second-order valence-corrected chi connectivity index (χ2v) is 4.68. The van der Waals surface area contributed by atoms with E-state index in [-0.39, 0.29) is 10.8 Å². The summed E-state index contributed by atoms with van der Waals surface area (Å²) in [6.45, 7) is 0. The molecule has 0 aliphatic carbocycles. The van der Waals surface area contributed by atoms with Gasteiger partial charge < -0.3 is 0 Å². The van der Waals surface area contributed by atoms with Crippen molar-refractivity contribution in [2.75, 3.05) is 0 Å². The summed E-state index contributed by atoms with van der Waals surface area (Å²) < 4.78 is 0. The van der Waals surface area contributed by atoms with Crippen molar-refractivity contribution in [1.29, 1.82) is 0 Å². The van der Waals surface area contributed by atoms with Crippen molar-refractivity contribution in [3.8, 4) is 11.1 Å². The van der Waals surface area contributed by atoms with Crippen LogP contribution in [0, 0.1) is 10.1 Å². The molecule has 0 N–H and O–H groups in total. The van der Waals surface area contributed by atoms with Gasteiger partial charge in [0, 0.05) is 21.7 Å². The van der Waals surface area contributed by atoms with Crippen molar-refractivity contribution < 1.29 is 4.92 Å². The summed E-state index contributed by atoms with van der Waals surface area (Å²) in [6.07, 6.45) is 1.10. The van der Waals surface area contributed by atoms with Crippen molar-refractivity contribution in [3.63, 3.8) is 0 Å². The molecular formula is C11H5Cl3N2O2. The Morgan fingerprint density at radius 3 is 2.22 bits per heavy atom. The molecule has 4 nitrogen and oxygen atoms in total. The lowest BCUT2D eigenvalue weighted by Crippen LogP contribution is -1.91. The number of nitrogens with zero attached hydrogens (tertiary/aromatic N) is 2. The maximum absolute atomic E-state index is 10.7. The minimum atomic E-state index is -0.543. The molecule has 1 aromatic carbocycles. The van der Waals surface area contributed by atoms with E-state index in [0.29, 0.717) is 21.2 Å². The number of nitro groups is 1. The largest absolute Gasteiger partial charge is 0.288 e. The van der Waals surface area contributed by atoms with Gasteiger partial charge in [0.15, 0.2) is 0 Å². The predicted octanol–water partition coefficient (Wildman–Crippen LogP) is 4.62. The summed E-state index contributed by atoms with van der Waals surface area (Å²) in [6, 6.07) is 6.11. The lowest BCUT2D eigenvalue weighted by molar-refractivity contribution is -0.385. The molecule has 0 fully saturated rings. The van der Waals surface area contributed by atoms with Crippen molar-refractivity contribution in [1.82, 2.24) is 4.98 Å². The Kier molecular flexibility index (Phi) is 3.71. The maximum atomic E-state index is 10.7. The molecule has 18 heavy (non-hydrogen) atoms. The van der Waals surface area contributed by atoms with Gasteiger partial charge in [-0.15, -0.1) is 0 Å². The molecule has 0 atom stereocenters. The molecule has 2 rings (SSSR count). The highest BCUT2D eigenvalue weighted by atomic mass is 35.5. The highest BCUT2D eigenvalue weighted by Crippen LogP contribution is 2.33. The Labute approximate surface area is 117 Å². The number of rotatable bonds is 2. The zero-order valence-electron chi connectivity index (χ0n) is 8.73. The van der Waals surface area contributed by atoms with Gasteiger partial charge >= 0.3 is 0 Å². The van der Waals surface area contributed by atoms with Crippen molar-refractivity contribution in [2.24, 2.45) is 0 Å². The van der Waals surface area contributed by atoms with E-state index < -0.39 is 4.92 Å². The molecule has 0 spiro atoms. The van der Waals surface area contributed by atoms with E-state index in [9.17, 15) is 10.1 Å². The van der Waals surface area contributed by atoms with Gasteiger partial charge in [-0.25, -0.2) is 4.98 Å². The van der Waals surface area contributed by atoms with Gasteiger partial charge in [0.2, 0.25) is 0 Å². The molecule has 0 aliphatic rings.